The van der Waals surface area contributed by atoms with E-state index in [1.807, 2.05) is 24.3 Å². The Kier molecular flexibility index (Phi) is 5.77. The number of amides is 1. The molecule has 2 rings (SSSR count). The van der Waals surface area contributed by atoms with Crippen LogP contribution in [0.25, 0.3) is 0 Å². The second kappa shape index (κ2) is 7.14. The molecule has 1 fully saturated rings. The Labute approximate surface area is 152 Å². The molecule has 7 heteroatoms. The lowest BCUT2D eigenvalue weighted by molar-refractivity contribution is -0.126. The van der Waals surface area contributed by atoms with E-state index in [2.05, 4.69) is 26.0 Å². The minimum Gasteiger partial charge on any atom is -0.353 e. The number of carbonyl (C=O) groups is 1. The summed E-state index contributed by atoms with van der Waals surface area (Å²) in [6, 6.07) is 7.89. The normalized spacial score (nSPS) is 17.7. The van der Waals surface area contributed by atoms with Crippen LogP contribution in [0.4, 0.5) is 0 Å². The number of halogens is 1. The Hall–Kier alpha value is -0.920. The predicted molar refractivity (Wildman–Crippen MR) is 99.4 cm³/mol. The van der Waals surface area contributed by atoms with Gasteiger partial charge in [-0.1, -0.05) is 40.9 Å². The van der Waals surface area contributed by atoms with E-state index in [1.54, 1.807) is 13.8 Å². The predicted octanol–water partition coefficient (Wildman–Crippen LogP) is 2.70. The fourth-order valence-corrected chi connectivity index (χ4v) is 4.90. The third-order valence-corrected chi connectivity index (χ3v) is 5.84. The smallest absolute Gasteiger partial charge is 0.230 e. The van der Waals surface area contributed by atoms with Crippen molar-refractivity contribution in [3.63, 3.8) is 0 Å². The van der Waals surface area contributed by atoms with Gasteiger partial charge in [-0.15, -0.1) is 0 Å². The molecule has 0 heterocycles. The molecule has 0 bridgehead atoms. The van der Waals surface area contributed by atoms with Crippen LogP contribution in [0.1, 0.15) is 45.1 Å². The van der Waals surface area contributed by atoms with E-state index in [4.69, 9.17) is 0 Å². The highest BCUT2D eigenvalue weighted by molar-refractivity contribution is 9.10. The molecule has 0 aliphatic heterocycles. The fourth-order valence-electron chi connectivity index (χ4n) is 3.42. The molecular formula is C17H25BrN2O3S. The molecule has 1 saturated carbocycles. The number of benzene rings is 1. The van der Waals surface area contributed by atoms with Gasteiger partial charge in [0.15, 0.2) is 0 Å². The molecule has 2 N–H and O–H groups in total. The summed E-state index contributed by atoms with van der Waals surface area (Å²) in [6.07, 6.45) is 4.79. The SMILES string of the molecule is CC(C)(CNC(=O)C1(c2cccc(Br)c2)CCCC1)NS(C)(=O)=O. The van der Waals surface area contributed by atoms with E-state index < -0.39 is 21.0 Å². The van der Waals surface area contributed by atoms with Crippen molar-refractivity contribution in [2.24, 2.45) is 0 Å². The van der Waals surface area contributed by atoms with Gasteiger partial charge in [0.2, 0.25) is 15.9 Å². The number of carbonyl (C=O) groups excluding carboxylic acids is 1. The monoisotopic (exact) mass is 416 g/mol. The van der Waals surface area contributed by atoms with Gasteiger partial charge in [-0.05, 0) is 44.4 Å². The largest absolute Gasteiger partial charge is 0.353 e. The van der Waals surface area contributed by atoms with Crippen LogP contribution in [0.5, 0.6) is 0 Å². The topological polar surface area (TPSA) is 75.3 Å². The van der Waals surface area contributed by atoms with E-state index in [9.17, 15) is 13.2 Å². The van der Waals surface area contributed by atoms with Crippen LogP contribution < -0.4 is 10.0 Å². The average Bonchev–Trinajstić information content (AvgIpc) is 2.93. The molecule has 0 unspecified atom stereocenters. The Morgan fingerprint density at radius 3 is 2.46 bits per heavy atom. The van der Waals surface area contributed by atoms with Gasteiger partial charge >= 0.3 is 0 Å². The van der Waals surface area contributed by atoms with E-state index in [1.165, 1.54) is 0 Å². The number of rotatable bonds is 6. The zero-order valence-corrected chi connectivity index (χ0v) is 16.8. The highest BCUT2D eigenvalue weighted by Crippen LogP contribution is 2.42. The summed E-state index contributed by atoms with van der Waals surface area (Å²) >= 11 is 3.48. The Morgan fingerprint density at radius 1 is 1.29 bits per heavy atom. The van der Waals surface area contributed by atoms with Crippen LogP contribution in [0.2, 0.25) is 0 Å². The number of nitrogens with one attached hydrogen (secondary N) is 2. The lowest BCUT2D eigenvalue weighted by Gasteiger charge is -2.31. The van der Waals surface area contributed by atoms with E-state index in [-0.39, 0.29) is 12.5 Å². The molecule has 134 valence electrons. The molecule has 0 aromatic heterocycles. The molecule has 1 aromatic carbocycles. The Morgan fingerprint density at radius 2 is 1.92 bits per heavy atom. The third kappa shape index (κ3) is 4.80. The van der Waals surface area contributed by atoms with Crippen LogP contribution in [-0.4, -0.2) is 32.7 Å². The van der Waals surface area contributed by atoms with Crippen molar-refractivity contribution >= 4 is 31.9 Å². The van der Waals surface area contributed by atoms with E-state index in [0.717, 1.165) is 42.0 Å². The third-order valence-electron chi connectivity index (χ3n) is 4.42. The Balaban J connectivity index is 2.16. The maximum absolute atomic E-state index is 13.0. The first-order valence-electron chi connectivity index (χ1n) is 8.07. The standard InChI is InChI=1S/C17H25BrN2O3S/c1-16(2,20-24(3,22)23)12-19-15(21)17(9-4-5-10-17)13-7-6-8-14(18)11-13/h6-8,11,20H,4-5,9-10,12H2,1-3H3,(H,19,21). The Bertz CT molecular complexity index is 710. The summed E-state index contributed by atoms with van der Waals surface area (Å²) in [6.45, 7) is 3.76. The molecule has 1 amide bonds. The van der Waals surface area contributed by atoms with Crippen molar-refractivity contribution in [1.29, 1.82) is 0 Å². The van der Waals surface area contributed by atoms with Crippen molar-refractivity contribution in [3.05, 3.63) is 34.3 Å². The van der Waals surface area contributed by atoms with Gasteiger partial charge in [-0.3, -0.25) is 4.79 Å². The molecule has 1 aliphatic carbocycles. The maximum Gasteiger partial charge on any atom is 0.230 e. The highest BCUT2D eigenvalue weighted by Gasteiger charge is 2.43. The summed E-state index contributed by atoms with van der Waals surface area (Å²) in [5.74, 6) is -0.0264. The van der Waals surface area contributed by atoms with Gasteiger partial charge in [0.25, 0.3) is 0 Å². The van der Waals surface area contributed by atoms with Gasteiger partial charge in [-0.25, -0.2) is 13.1 Å². The van der Waals surface area contributed by atoms with Crippen molar-refractivity contribution in [3.8, 4) is 0 Å². The van der Waals surface area contributed by atoms with Crippen molar-refractivity contribution < 1.29 is 13.2 Å². The van der Waals surface area contributed by atoms with Gasteiger partial charge in [0.05, 0.1) is 11.7 Å². The average molecular weight is 417 g/mol. The van der Waals surface area contributed by atoms with Crippen LogP contribution in [0.15, 0.2) is 28.7 Å². The molecule has 24 heavy (non-hydrogen) atoms. The van der Waals surface area contributed by atoms with Gasteiger partial charge < -0.3 is 5.32 Å². The zero-order chi connectivity index (χ0) is 18.0. The fraction of sp³-hybridized carbons (Fsp3) is 0.588. The first-order chi connectivity index (χ1) is 11.0. The number of hydrogen-bond acceptors (Lipinski definition) is 3. The molecule has 0 saturated heterocycles. The molecule has 1 aromatic rings. The first-order valence-corrected chi connectivity index (χ1v) is 10.8. The summed E-state index contributed by atoms with van der Waals surface area (Å²) in [5, 5.41) is 2.97. The van der Waals surface area contributed by atoms with Gasteiger partial charge in [0.1, 0.15) is 0 Å². The molecule has 0 atom stereocenters. The quantitative estimate of drug-likeness (QED) is 0.748. The lowest BCUT2D eigenvalue weighted by Crippen LogP contribution is -2.54. The minimum atomic E-state index is -3.33. The summed E-state index contributed by atoms with van der Waals surface area (Å²) in [4.78, 5) is 13.0. The minimum absolute atomic E-state index is 0.0264. The summed E-state index contributed by atoms with van der Waals surface area (Å²) < 4.78 is 26.4. The van der Waals surface area contributed by atoms with Gasteiger partial charge in [0, 0.05) is 16.6 Å². The van der Waals surface area contributed by atoms with Gasteiger partial charge in [-0.2, -0.15) is 0 Å². The number of sulfonamides is 1. The second-order valence-corrected chi connectivity index (χ2v) is 9.90. The zero-order valence-electron chi connectivity index (χ0n) is 14.4. The van der Waals surface area contributed by atoms with Crippen molar-refractivity contribution in [2.75, 3.05) is 12.8 Å². The highest BCUT2D eigenvalue weighted by atomic mass is 79.9. The molecule has 1 aliphatic rings. The molecule has 0 radical (unpaired) electrons. The van der Waals surface area contributed by atoms with Crippen LogP contribution in [0.3, 0.4) is 0 Å². The number of hydrogen-bond donors (Lipinski definition) is 2. The van der Waals surface area contributed by atoms with E-state index in [0.29, 0.717) is 0 Å². The van der Waals surface area contributed by atoms with Crippen LogP contribution >= 0.6 is 15.9 Å². The molecule has 5 nitrogen and oxygen atoms in total. The molecular weight excluding hydrogens is 392 g/mol. The lowest BCUT2D eigenvalue weighted by atomic mass is 9.78. The second-order valence-electron chi connectivity index (χ2n) is 7.24. The first kappa shape index (κ1) is 19.4. The van der Waals surface area contributed by atoms with Crippen molar-refractivity contribution in [2.45, 2.75) is 50.5 Å². The van der Waals surface area contributed by atoms with E-state index >= 15 is 0 Å². The summed E-state index contributed by atoms with van der Waals surface area (Å²) in [5.41, 5.74) is -0.244. The maximum atomic E-state index is 13.0. The summed E-state index contributed by atoms with van der Waals surface area (Å²) in [7, 11) is -3.33. The van der Waals surface area contributed by atoms with Crippen molar-refractivity contribution in [1.82, 2.24) is 10.0 Å². The van der Waals surface area contributed by atoms with Crippen LogP contribution in [-0.2, 0) is 20.2 Å². The van der Waals surface area contributed by atoms with Crippen LogP contribution in [0, 0.1) is 0 Å². The molecule has 0 spiro atoms.